The van der Waals surface area contributed by atoms with Gasteiger partial charge in [-0.15, -0.1) is 0 Å². The van der Waals surface area contributed by atoms with Gasteiger partial charge in [0.25, 0.3) is 0 Å². The van der Waals surface area contributed by atoms with E-state index in [-0.39, 0.29) is 0 Å². The molecule has 2 rings (SSSR count). The molecule has 16 heavy (non-hydrogen) atoms. The molecule has 0 spiro atoms. The first kappa shape index (κ1) is 11.0. The van der Waals surface area contributed by atoms with Gasteiger partial charge in [0.15, 0.2) is 10.0 Å². The Balaban J connectivity index is 2.24. The SMILES string of the molecule is CCc1nsc(Sc2cccnc2C#N)n1. The van der Waals surface area contributed by atoms with Crippen LogP contribution in [0.3, 0.4) is 0 Å². The minimum atomic E-state index is 0.431. The van der Waals surface area contributed by atoms with Crippen LogP contribution in [0.2, 0.25) is 0 Å². The summed E-state index contributed by atoms with van der Waals surface area (Å²) in [5, 5.41) is 8.89. The van der Waals surface area contributed by atoms with Crippen molar-refractivity contribution in [2.45, 2.75) is 22.6 Å². The van der Waals surface area contributed by atoms with Crippen LogP contribution >= 0.6 is 23.3 Å². The van der Waals surface area contributed by atoms with Gasteiger partial charge in [0.05, 0.1) is 4.90 Å². The summed E-state index contributed by atoms with van der Waals surface area (Å²) < 4.78 is 5.04. The lowest BCUT2D eigenvalue weighted by molar-refractivity contribution is 0.971. The molecular formula is C10H8N4S2. The van der Waals surface area contributed by atoms with Gasteiger partial charge in [-0.2, -0.15) is 9.64 Å². The molecule has 2 heterocycles. The number of aromatic nitrogens is 3. The van der Waals surface area contributed by atoms with Crippen LogP contribution in [0.5, 0.6) is 0 Å². The van der Waals surface area contributed by atoms with E-state index in [1.54, 1.807) is 6.20 Å². The average molecular weight is 248 g/mol. The Morgan fingerprint density at radius 1 is 1.56 bits per heavy atom. The van der Waals surface area contributed by atoms with Gasteiger partial charge in [-0.3, -0.25) is 0 Å². The van der Waals surface area contributed by atoms with Crippen LogP contribution in [0, 0.1) is 11.3 Å². The van der Waals surface area contributed by atoms with Crippen molar-refractivity contribution < 1.29 is 0 Å². The molecule has 0 unspecified atom stereocenters. The molecule has 0 aliphatic carbocycles. The summed E-state index contributed by atoms with van der Waals surface area (Å²) in [4.78, 5) is 9.15. The zero-order chi connectivity index (χ0) is 11.4. The highest BCUT2D eigenvalue weighted by Gasteiger charge is 2.08. The van der Waals surface area contributed by atoms with Crippen molar-refractivity contribution in [2.24, 2.45) is 0 Å². The molecule has 0 aliphatic heterocycles. The molecule has 0 amide bonds. The fourth-order valence-corrected chi connectivity index (χ4v) is 2.78. The summed E-state index contributed by atoms with van der Waals surface area (Å²) in [6.07, 6.45) is 2.44. The maximum absolute atomic E-state index is 8.89. The molecule has 0 saturated heterocycles. The average Bonchev–Trinajstić information content (AvgIpc) is 2.77. The highest BCUT2D eigenvalue weighted by Crippen LogP contribution is 2.30. The van der Waals surface area contributed by atoms with Crippen LogP contribution in [0.4, 0.5) is 0 Å². The maximum atomic E-state index is 8.89. The predicted octanol–water partition coefficient (Wildman–Crippen LogP) is 2.52. The summed E-state index contributed by atoms with van der Waals surface area (Å²) in [6.45, 7) is 2.02. The number of aryl methyl sites for hydroxylation is 1. The van der Waals surface area contributed by atoms with E-state index in [0.717, 1.165) is 21.5 Å². The first-order chi connectivity index (χ1) is 7.83. The second kappa shape index (κ2) is 5.05. The molecule has 0 radical (unpaired) electrons. The number of nitrogens with zero attached hydrogens (tertiary/aromatic N) is 4. The molecule has 0 atom stereocenters. The summed E-state index contributed by atoms with van der Waals surface area (Å²) in [5.41, 5.74) is 0.431. The van der Waals surface area contributed by atoms with E-state index in [9.17, 15) is 0 Å². The summed E-state index contributed by atoms with van der Waals surface area (Å²) in [5.74, 6) is 0.842. The fourth-order valence-electron chi connectivity index (χ4n) is 1.07. The maximum Gasteiger partial charge on any atom is 0.174 e. The van der Waals surface area contributed by atoms with Crippen LogP contribution in [-0.4, -0.2) is 14.3 Å². The lowest BCUT2D eigenvalue weighted by atomic mass is 10.4. The Labute approximate surface area is 102 Å². The molecule has 2 aromatic heterocycles. The van der Waals surface area contributed by atoms with E-state index in [1.165, 1.54) is 23.3 Å². The van der Waals surface area contributed by atoms with Crippen molar-refractivity contribution in [2.75, 3.05) is 0 Å². The molecule has 6 heteroatoms. The molecule has 4 nitrogen and oxygen atoms in total. The van der Waals surface area contributed by atoms with Gasteiger partial charge < -0.3 is 0 Å². The topological polar surface area (TPSA) is 62.5 Å². The molecule has 0 aromatic carbocycles. The van der Waals surface area contributed by atoms with Gasteiger partial charge in [-0.1, -0.05) is 18.7 Å². The third-order valence-electron chi connectivity index (χ3n) is 1.84. The van der Waals surface area contributed by atoms with Crippen molar-refractivity contribution in [3.63, 3.8) is 0 Å². The lowest BCUT2D eigenvalue weighted by Gasteiger charge is -1.97. The standard InChI is InChI=1S/C10H8N4S2/c1-2-9-13-10(16-14-9)15-8-4-3-5-12-7(8)6-11/h3-5H,2H2,1H3. The molecule has 80 valence electrons. The van der Waals surface area contributed by atoms with Crippen LogP contribution in [0.25, 0.3) is 0 Å². The Bertz CT molecular complexity index is 530. The molecule has 0 N–H and O–H groups in total. The number of nitriles is 1. The molecular weight excluding hydrogens is 240 g/mol. The van der Waals surface area contributed by atoms with Gasteiger partial charge >= 0.3 is 0 Å². The summed E-state index contributed by atoms with van der Waals surface area (Å²) in [7, 11) is 0. The third kappa shape index (κ3) is 2.38. The number of rotatable bonds is 3. The molecule has 0 bridgehead atoms. The first-order valence-corrected chi connectivity index (χ1v) is 6.28. The zero-order valence-corrected chi connectivity index (χ0v) is 10.2. The lowest BCUT2D eigenvalue weighted by Crippen LogP contribution is -1.85. The van der Waals surface area contributed by atoms with E-state index in [2.05, 4.69) is 20.4 Å². The molecule has 0 saturated carbocycles. The molecule has 0 fully saturated rings. The fraction of sp³-hybridized carbons (Fsp3) is 0.200. The number of pyridine rings is 1. The third-order valence-corrected chi connectivity index (χ3v) is 3.68. The highest BCUT2D eigenvalue weighted by molar-refractivity contribution is 8.01. The Morgan fingerprint density at radius 3 is 3.12 bits per heavy atom. The predicted molar refractivity (Wildman–Crippen MR) is 62.4 cm³/mol. The van der Waals surface area contributed by atoms with Gasteiger partial charge in [0.2, 0.25) is 0 Å². The molecule has 0 aliphatic rings. The van der Waals surface area contributed by atoms with E-state index in [4.69, 9.17) is 5.26 Å². The van der Waals surface area contributed by atoms with Gasteiger partial charge in [0, 0.05) is 12.6 Å². The summed E-state index contributed by atoms with van der Waals surface area (Å²) >= 11 is 2.79. The molecule has 2 aromatic rings. The van der Waals surface area contributed by atoms with Gasteiger partial charge in [0.1, 0.15) is 11.9 Å². The van der Waals surface area contributed by atoms with E-state index >= 15 is 0 Å². The normalized spacial score (nSPS) is 10.0. The quantitative estimate of drug-likeness (QED) is 0.835. The van der Waals surface area contributed by atoms with Gasteiger partial charge in [-0.05, 0) is 23.7 Å². The van der Waals surface area contributed by atoms with Crippen LogP contribution in [0.1, 0.15) is 18.4 Å². The van der Waals surface area contributed by atoms with E-state index in [1.807, 2.05) is 19.1 Å². The summed E-state index contributed by atoms with van der Waals surface area (Å²) in [6, 6.07) is 5.74. The van der Waals surface area contributed by atoms with Crippen molar-refractivity contribution in [3.05, 3.63) is 29.8 Å². The second-order valence-electron chi connectivity index (χ2n) is 2.89. The first-order valence-electron chi connectivity index (χ1n) is 4.69. The Kier molecular flexibility index (Phi) is 3.49. The number of hydrogen-bond donors (Lipinski definition) is 0. The van der Waals surface area contributed by atoms with Crippen molar-refractivity contribution in [1.82, 2.24) is 14.3 Å². The van der Waals surface area contributed by atoms with Crippen LogP contribution in [-0.2, 0) is 6.42 Å². The largest absolute Gasteiger partial charge is 0.244 e. The van der Waals surface area contributed by atoms with Gasteiger partial charge in [-0.25, -0.2) is 9.97 Å². The second-order valence-corrected chi connectivity index (χ2v) is 4.93. The monoisotopic (exact) mass is 248 g/mol. The van der Waals surface area contributed by atoms with Crippen molar-refractivity contribution >= 4 is 23.3 Å². The van der Waals surface area contributed by atoms with E-state index < -0.39 is 0 Å². The Hall–Kier alpha value is -1.45. The minimum Gasteiger partial charge on any atom is -0.244 e. The minimum absolute atomic E-state index is 0.431. The van der Waals surface area contributed by atoms with Crippen LogP contribution in [0.15, 0.2) is 27.6 Å². The van der Waals surface area contributed by atoms with Crippen molar-refractivity contribution in [3.8, 4) is 6.07 Å². The van der Waals surface area contributed by atoms with Crippen LogP contribution < -0.4 is 0 Å². The van der Waals surface area contributed by atoms with Crippen molar-refractivity contribution in [1.29, 1.82) is 5.26 Å². The zero-order valence-electron chi connectivity index (χ0n) is 8.54. The number of hydrogen-bond acceptors (Lipinski definition) is 6. The Morgan fingerprint density at radius 2 is 2.44 bits per heavy atom. The van der Waals surface area contributed by atoms with E-state index in [0.29, 0.717) is 5.69 Å². The smallest absolute Gasteiger partial charge is 0.174 e. The highest BCUT2D eigenvalue weighted by atomic mass is 32.2.